The van der Waals surface area contributed by atoms with Gasteiger partial charge in [0.05, 0.1) is 13.2 Å². The van der Waals surface area contributed by atoms with Crippen LogP contribution in [0.25, 0.3) is 0 Å². The molecule has 146 valence electrons. The van der Waals surface area contributed by atoms with Gasteiger partial charge in [-0.25, -0.2) is 11.8 Å². The molecule has 0 aromatic heterocycles. The molecule has 6 unspecified atom stereocenters. The standard InChI is InChI=1S/C12H22N2O11/c13-24-8(3-17)22-7(5(18)1-15)4-21-12-10(20)9(19)11(25-14)6(2-16)23-12/h1,3,5-12,16,18-20H,2,4,13-14H2/t5?,6?,7?,8?,9?,10?,11-,12+/m1/s1. The van der Waals surface area contributed by atoms with E-state index in [2.05, 4.69) is 9.68 Å². The normalized spacial score (nSPS) is 33.4. The van der Waals surface area contributed by atoms with Gasteiger partial charge in [0, 0.05) is 0 Å². The molecule has 1 heterocycles. The van der Waals surface area contributed by atoms with Crippen molar-refractivity contribution in [3.05, 3.63) is 0 Å². The van der Waals surface area contributed by atoms with E-state index in [1.165, 1.54) is 0 Å². The third kappa shape index (κ3) is 5.70. The van der Waals surface area contributed by atoms with Gasteiger partial charge >= 0.3 is 0 Å². The van der Waals surface area contributed by atoms with Gasteiger partial charge in [-0.2, -0.15) is 0 Å². The summed E-state index contributed by atoms with van der Waals surface area (Å²) in [5, 5.41) is 38.6. The number of ether oxygens (including phenoxy) is 3. The van der Waals surface area contributed by atoms with E-state index >= 15 is 0 Å². The Morgan fingerprint density at radius 1 is 1.16 bits per heavy atom. The highest BCUT2D eigenvalue weighted by Crippen LogP contribution is 2.23. The van der Waals surface area contributed by atoms with Gasteiger partial charge in [0.2, 0.25) is 6.29 Å². The van der Waals surface area contributed by atoms with Crippen LogP contribution in [0.2, 0.25) is 0 Å². The van der Waals surface area contributed by atoms with Crippen molar-refractivity contribution in [1.29, 1.82) is 0 Å². The predicted octanol–water partition coefficient (Wildman–Crippen LogP) is -4.94. The van der Waals surface area contributed by atoms with Crippen LogP contribution in [0, 0.1) is 0 Å². The molecule has 1 rings (SSSR count). The second kappa shape index (κ2) is 10.8. The molecule has 0 saturated carbocycles. The SMILES string of the molecule is NOC(C=O)OC(CO[C@H]1OC(CO)[C@@H](ON)C(O)C1O)C(O)C=O. The molecule has 0 amide bonds. The van der Waals surface area contributed by atoms with Crippen molar-refractivity contribution in [2.45, 2.75) is 49.2 Å². The van der Waals surface area contributed by atoms with Gasteiger partial charge in [0.15, 0.2) is 18.9 Å². The average Bonchev–Trinajstić information content (AvgIpc) is 2.64. The van der Waals surface area contributed by atoms with Crippen LogP contribution in [0.5, 0.6) is 0 Å². The molecule has 1 saturated heterocycles. The minimum Gasteiger partial charge on any atom is -0.394 e. The minimum atomic E-state index is -1.71. The lowest BCUT2D eigenvalue weighted by atomic mass is 9.99. The Kier molecular flexibility index (Phi) is 9.47. The monoisotopic (exact) mass is 370 g/mol. The van der Waals surface area contributed by atoms with Gasteiger partial charge in [-0.1, -0.05) is 0 Å². The molecule has 0 aliphatic carbocycles. The number of nitrogens with two attached hydrogens (primary N) is 2. The molecule has 1 fully saturated rings. The number of rotatable bonds is 11. The molecule has 0 bridgehead atoms. The Morgan fingerprint density at radius 3 is 2.32 bits per heavy atom. The highest BCUT2D eigenvalue weighted by Gasteiger charge is 2.46. The number of hydrogen-bond acceptors (Lipinski definition) is 13. The van der Waals surface area contributed by atoms with Crippen LogP contribution in [0.1, 0.15) is 0 Å². The van der Waals surface area contributed by atoms with Crippen LogP contribution in [0.3, 0.4) is 0 Å². The number of aliphatic hydroxyl groups excluding tert-OH is 4. The maximum atomic E-state index is 10.7. The first-order valence-electron chi connectivity index (χ1n) is 7.12. The number of carbonyl (C=O) groups excluding carboxylic acids is 2. The second-order valence-electron chi connectivity index (χ2n) is 5.08. The predicted molar refractivity (Wildman–Crippen MR) is 74.8 cm³/mol. The summed E-state index contributed by atoms with van der Waals surface area (Å²) in [6.07, 6.45) is -11.4. The van der Waals surface area contributed by atoms with Crippen molar-refractivity contribution >= 4 is 12.6 Å². The summed E-state index contributed by atoms with van der Waals surface area (Å²) in [6, 6.07) is 0. The van der Waals surface area contributed by atoms with E-state index in [1.807, 2.05) is 0 Å². The van der Waals surface area contributed by atoms with Crippen molar-refractivity contribution in [1.82, 2.24) is 0 Å². The lowest BCUT2D eigenvalue weighted by Crippen LogP contribution is -2.61. The third-order valence-corrected chi connectivity index (χ3v) is 3.48. The molecular weight excluding hydrogens is 348 g/mol. The van der Waals surface area contributed by atoms with Crippen molar-refractivity contribution in [3.63, 3.8) is 0 Å². The first-order valence-corrected chi connectivity index (χ1v) is 7.12. The van der Waals surface area contributed by atoms with Crippen molar-refractivity contribution in [2.24, 2.45) is 11.8 Å². The maximum Gasteiger partial charge on any atom is 0.233 e. The zero-order valence-electron chi connectivity index (χ0n) is 13.0. The van der Waals surface area contributed by atoms with Crippen LogP contribution in [-0.4, -0.2) is 95.4 Å². The summed E-state index contributed by atoms with van der Waals surface area (Å²) in [4.78, 5) is 30.0. The molecule has 0 radical (unpaired) electrons. The summed E-state index contributed by atoms with van der Waals surface area (Å²) in [6.45, 7) is -1.16. The van der Waals surface area contributed by atoms with Gasteiger partial charge in [0.1, 0.15) is 36.6 Å². The van der Waals surface area contributed by atoms with Gasteiger partial charge in [0.25, 0.3) is 0 Å². The van der Waals surface area contributed by atoms with Crippen molar-refractivity contribution in [3.8, 4) is 0 Å². The van der Waals surface area contributed by atoms with Gasteiger partial charge < -0.3 is 39.4 Å². The van der Waals surface area contributed by atoms with Crippen LogP contribution in [-0.2, 0) is 33.5 Å². The quantitative estimate of drug-likeness (QED) is 0.114. The largest absolute Gasteiger partial charge is 0.394 e. The smallest absolute Gasteiger partial charge is 0.233 e. The van der Waals surface area contributed by atoms with Crippen LogP contribution in [0.4, 0.5) is 0 Å². The highest BCUT2D eigenvalue weighted by molar-refractivity contribution is 5.57. The zero-order chi connectivity index (χ0) is 19.0. The number of hydrogen-bond donors (Lipinski definition) is 6. The second-order valence-corrected chi connectivity index (χ2v) is 5.08. The first-order chi connectivity index (χ1) is 11.9. The summed E-state index contributed by atoms with van der Waals surface area (Å²) < 4.78 is 15.3. The maximum absolute atomic E-state index is 10.7. The van der Waals surface area contributed by atoms with Crippen LogP contribution in [0.15, 0.2) is 0 Å². The zero-order valence-corrected chi connectivity index (χ0v) is 13.0. The summed E-state index contributed by atoms with van der Waals surface area (Å²) in [5.41, 5.74) is 0. The summed E-state index contributed by atoms with van der Waals surface area (Å²) in [7, 11) is 0. The Bertz CT molecular complexity index is 413. The van der Waals surface area contributed by atoms with Gasteiger partial charge in [-0.3, -0.25) is 14.5 Å². The molecule has 0 aromatic carbocycles. The van der Waals surface area contributed by atoms with E-state index in [-0.39, 0.29) is 12.6 Å². The lowest BCUT2D eigenvalue weighted by Gasteiger charge is -2.41. The summed E-state index contributed by atoms with van der Waals surface area (Å²) in [5.74, 6) is 9.78. The fourth-order valence-electron chi connectivity index (χ4n) is 2.12. The van der Waals surface area contributed by atoms with Crippen molar-refractivity contribution < 1.29 is 53.9 Å². The number of aliphatic hydroxyl groups is 4. The molecule has 0 aromatic rings. The van der Waals surface area contributed by atoms with Crippen LogP contribution < -0.4 is 11.8 Å². The van der Waals surface area contributed by atoms with Gasteiger partial charge in [-0.15, -0.1) is 0 Å². The average molecular weight is 370 g/mol. The molecule has 8 N–H and O–H groups in total. The fourth-order valence-corrected chi connectivity index (χ4v) is 2.12. The lowest BCUT2D eigenvalue weighted by molar-refractivity contribution is -0.315. The Labute approximate surface area is 141 Å². The molecular formula is C12H22N2O11. The van der Waals surface area contributed by atoms with E-state index in [0.29, 0.717) is 0 Å². The molecule has 1 aliphatic rings. The number of aldehydes is 2. The fraction of sp³-hybridized carbons (Fsp3) is 0.833. The van der Waals surface area contributed by atoms with Gasteiger partial charge in [-0.05, 0) is 0 Å². The van der Waals surface area contributed by atoms with Crippen LogP contribution >= 0.6 is 0 Å². The van der Waals surface area contributed by atoms with E-state index in [0.717, 1.165) is 0 Å². The summed E-state index contributed by atoms with van der Waals surface area (Å²) >= 11 is 0. The molecule has 8 atom stereocenters. The first kappa shape index (κ1) is 21.9. The Hall–Kier alpha value is -1.10. The van der Waals surface area contributed by atoms with E-state index < -0.39 is 62.4 Å². The molecule has 13 heteroatoms. The minimum absolute atomic E-state index is 0.119. The molecule has 25 heavy (non-hydrogen) atoms. The highest BCUT2D eigenvalue weighted by atomic mass is 16.8. The number of carbonyl (C=O) groups is 2. The molecule has 1 aliphatic heterocycles. The Balaban J connectivity index is 2.73. The topological polar surface area (TPSA) is 213 Å². The third-order valence-electron chi connectivity index (χ3n) is 3.48. The Morgan fingerprint density at radius 2 is 1.84 bits per heavy atom. The molecule has 13 nitrogen and oxygen atoms in total. The van der Waals surface area contributed by atoms with E-state index in [4.69, 9.17) is 26.0 Å². The molecule has 0 spiro atoms. The van der Waals surface area contributed by atoms with E-state index in [9.17, 15) is 30.0 Å². The van der Waals surface area contributed by atoms with Crippen molar-refractivity contribution in [2.75, 3.05) is 13.2 Å². The van der Waals surface area contributed by atoms with E-state index in [1.54, 1.807) is 0 Å².